The first-order valence-corrected chi connectivity index (χ1v) is 26.5. The molecule has 0 aliphatic carbocycles. The second-order valence-electron chi connectivity index (χ2n) is 9.56. The van der Waals surface area contributed by atoms with E-state index in [9.17, 15) is 0 Å². The summed E-state index contributed by atoms with van der Waals surface area (Å²) in [6.07, 6.45) is 2.21. The van der Waals surface area contributed by atoms with Crippen LogP contribution in [-0.4, -0.2) is 10.1 Å². The molecular formula is C38H36Cl2GeHf-2. The maximum atomic E-state index is 2.29. The molecule has 0 aliphatic heterocycles. The van der Waals surface area contributed by atoms with Crippen LogP contribution in [0.1, 0.15) is 25.0 Å². The Labute approximate surface area is 280 Å². The number of hydrogen-bond acceptors (Lipinski definition) is 0. The van der Waals surface area contributed by atoms with Crippen LogP contribution in [0.5, 0.6) is 0 Å². The van der Waals surface area contributed by atoms with E-state index in [0.29, 0.717) is 0 Å². The summed E-state index contributed by atoms with van der Waals surface area (Å²) in [5.74, 6) is 0. The van der Waals surface area contributed by atoms with Gasteiger partial charge in [-0.15, -0.1) is 59.7 Å². The van der Waals surface area contributed by atoms with Gasteiger partial charge < -0.3 is 24.8 Å². The molecule has 0 nitrogen and oxygen atoms in total. The quantitative estimate of drug-likeness (QED) is 0.180. The summed E-state index contributed by atoms with van der Waals surface area (Å²) in [4.78, 5) is 0. The van der Waals surface area contributed by atoms with Gasteiger partial charge >= 0.3 is 101 Å². The predicted octanol–water partition coefficient (Wildman–Crippen LogP) is 2.62. The third-order valence-corrected chi connectivity index (χ3v) is 21.4. The van der Waals surface area contributed by atoms with Crippen LogP contribution in [0.2, 0.25) is 0 Å². The Morgan fingerprint density at radius 3 is 1.17 bits per heavy atom. The van der Waals surface area contributed by atoms with E-state index in [1.165, 1.54) is 54.7 Å². The van der Waals surface area contributed by atoms with Gasteiger partial charge in [0.2, 0.25) is 0 Å². The fourth-order valence-corrected chi connectivity index (χ4v) is 13.6. The van der Waals surface area contributed by atoms with Crippen molar-refractivity contribution in [1.82, 2.24) is 0 Å². The Bertz CT molecular complexity index is 1440. The molecule has 0 saturated heterocycles. The fraction of sp³-hybridized carbons (Fsp3) is 0.105. The Hall–Kier alpha value is -2.43. The molecular weight excluding hydrogens is 778 g/mol. The zero-order chi connectivity index (χ0) is 28.0. The van der Waals surface area contributed by atoms with Gasteiger partial charge in [-0.05, 0) is 12.8 Å². The summed E-state index contributed by atoms with van der Waals surface area (Å²) in [6, 6.07) is 56.3. The van der Waals surface area contributed by atoms with Gasteiger partial charge in [-0.1, -0.05) is 60.4 Å². The normalized spacial score (nSPS) is 9.62. The number of hydrogen-bond donors (Lipinski definition) is 0. The Morgan fingerprint density at radius 2 is 0.833 bits per heavy atom. The van der Waals surface area contributed by atoms with Crippen molar-refractivity contribution in [2.24, 2.45) is 0 Å². The molecule has 0 fully saturated rings. The molecule has 6 aromatic rings. The van der Waals surface area contributed by atoms with Gasteiger partial charge in [-0.2, -0.15) is 24.3 Å². The van der Waals surface area contributed by atoms with Crippen LogP contribution in [0.3, 0.4) is 0 Å². The number of aryl methyl sites for hydroxylation is 2. The van der Waals surface area contributed by atoms with Crippen LogP contribution in [0, 0.1) is 0 Å². The summed E-state index contributed by atoms with van der Waals surface area (Å²) in [5.41, 5.74) is 8.08. The van der Waals surface area contributed by atoms with Crippen LogP contribution in [0.25, 0.3) is 22.3 Å². The van der Waals surface area contributed by atoms with Crippen molar-refractivity contribution in [3.05, 3.63) is 169 Å². The molecule has 0 aliphatic rings. The van der Waals surface area contributed by atoms with E-state index < -0.39 is 10.1 Å². The third-order valence-electron chi connectivity index (χ3n) is 6.79. The SMILES string of the molecule is CCc1cccc(-[c-]2cccc2)c1.CCc1cccc(-[c-]2cccc2)c1.[Cl-].[Cl-].[Hf+2]=[Ge]([c]1ccccc1)[c]1ccccc1. The Morgan fingerprint density at radius 1 is 0.476 bits per heavy atom. The average Bonchev–Trinajstić information content (AvgIpc) is 3.78. The van der Waals surface area contributed by atoms with Crippen LogP contribution in [0.4, 0.5) is 0 Å². The first-order valence-electron chi connectivity index (χ1n) is 14.0. The number of benzene rings is 4. The topological polar surface area (TPSA) is 0 Å². The standard InChI is InChI=1S/2C13H13.C12H10Ge.2ClH.Hf/c2*1-2-11-6-5-9-13(10-11)12-7-3-4-8-12;1-3-7-11(8-4-1)13-12-9-5-2-6-10-12;;;/h2*3-10H,2H2,1H3;1-10H;2*1H;/q2*-1;;;;+2/p-2. The number of rotatable bonds is 6. The van der Waals surface area contributed by atoms with Crippen molar-refractivity contribution < 1.29 is 46.1 Å². The van der Waals surface area contributed by atoms with Crippen molar-refractivity contribution in [3.63, 3.8) is 0 Å². The van der Waals surface area contributed by atoms with Gasteiger partial charge in [-0.3, -0.25) is 0 Å². The van der Waals surface area contributed by atoms with E-state index in [0.717, 1.165) is 12.8 Å². The molecule has 0 saturated carbocycles. The van der Waals surface area contributed by atoms with Crippen LogP contribution in [0.15, 0.2) is 158 Å². The molecule has 0 unspecified atom stereocenters. The molecule has 0 radical (unpaired) electrons. The molecule has 42 heavy (non-hydrogen) atoms. The zero-order valence-electron chi connectivity index (χ0n) is 24.2. The van der Waals surface area contributed by atoms with Gasteiger partial charge in [0.25, 0.3) is 0 Å². The molecule has 0 amide bonds. The van der Waals surface area contributed by atoms with Crippen molar-refractivity contribution in [2.45, 2.75) is 26.7 Å². The number of halogens is 2. The molecule has 0 atom stereocenters. The van der Waals surface area contributed by atoms with E-state index >= 15 is 0 Å². The molecule has 0 heterocycles. The predicted molar refractivity (Wildman–Crippen MR) is 172 cm³/mol. The first-order chi connectivity index (χ1) is 19.7. The van der Waals surface area contributed by atoms with E-state index in [1.54, 1.807) is 8.79 Å². The molecule has 0 spiro atoms. The van der Waals surface area contributed by atoms with E-state index in [1.807, 2.05) is 0 Å². The van der Waals surface area contributed by atoms with Gasteiger partial charge in [-0.25, -0.2) is 0 Å². The molecule has 0 bridgehead atoms. The third kappa shape index (κ3) is 11.0. The van der Waals surface area contributed by atoms with E-state index in [2.05, 4.69) is 172 Å². The second kappa shape index (κ2) is 19.7. The summed E-state index contributed by atoms with van der Waals surface area (Å²) < 4.78 is 3.20. The minimum atomic E-state index is -1.06. The van der Waals surface area contributed by atoms with Gasteiger partial charge in [0.15, 0.2) is 0 Å². The van der Waals surface area contributed by atoms with Crippen molar-refractivity contribution in [1.29, 1.82) is 0 Å². The minimum absolute atomic E-state index is 0. The average molecular weight is 815 g/mol. The first kappa shape index (κ1) is 35.8. The van der Waals surface area contributed by atoms with Gasteiger partial charge in [0.1, 0.15) is 0 Å². The van der Waals surface area contributed by atoms with Crippen LogP contribution < -0.4 is 33.6 Å². The summed E-state index contributed by atoms with van der Waals surface area (Å²) in [5, 5.41) is 0. The van der Waals surface area contributed by atoms with Crippen molar-refractivity contribution >= 4 is 18.8 Å². The van der Waals surface area contributed by atoms with Gasteiger partial charge in [0, 0.05) is 0 Å². The van der Waals surface area contributed by atoms with Crippen molar-refractivity contribution in [2.75, 3.05) is 0 Å². The maximum absolute atomic E-state index is 2.29. The summed E-state index contributed by atoms with van der Waals surface area (Å²) in [7, 11) is -1.06. The summed E-state index contributed by atoms with van der Waals surface area (Å²) >= 11 is 1.33. The van der Waals surface area contributed by atoms with E-state index in [4.69, 9.17) is 0 Å². The zero-order valence-corrected chi connectivity index (χ0v) is 31.4. The van der Waals surface area contributed by atoms with Crippen LogP contribution in [-0.2, 0) is 34.1 Å². The van der Waals surface area contributed by atoms with E-state index in [-0.39, 0.29) is 24.8 Å². The molecule has 6 rings (SSSR count). The van der Waals surface area contributed by atoms with Gasteiger partial charge in [0.05, 0.1) is 0 Å². The summed E-state index contributed by atoms with van der Waals surface area (Å²) in [6.45, 7) is 4.37. The Kier molecular flexibility index (Phi) is 16.8. The molecule has 212 valence electrons. The fourth-order valence-electron chi connectivity index (χ4n) is 4.45. The molecule has 6 aromatic carbocycles. The second-order valence-corrected chi connectivity index (χ2v) is 22.9. The van der Waals surface area contributed by atoms with Crippen LogP contribution >= 0.6 is 0 Å². The molecule has 0 N–H and O–H groups in total. The molecule has 0 aromatic heterocycles. The van der Waals surface area contributed by atoms with Crippen molar-refractivity contribution in [3.8, 4) is 22.3 Å². The molecule has 4 heteroatoms. The Balaban J connectivity index is 0.000000215. The monoisotopic (exact) mass is 816 g/mol.